The third-order valence-electron chi connectivity index (χ3n) is 6.30. The first-order valence-electron chi connectivity index (χ1n) is 13.1. The van der Waals surface area contributed by atoms with Crippen molar-refractivity contribution in [3.8, 4) is 0 Å². The molecule has 0 aromatic heterocycles. The molecule has 3 rings (SSSR count). The lowest BCUT2D eigenvalue weighted by molar-refractivity contribution is -0.140. The van der Waals surface area contributed by atoms with E-state index in [1.165, 1.54) is 0 Å². The molecular formula is C30H32Cl2F3N3O4S. The fourth-order valence-corrected chi connectivity index (χ4v) is 5.67. The van der Waals surface area contributed by atoms with Crippen molar-refractivity contribution in [3.63, 3.8) is 0 Å². The van der Waals surface area contributed by atoms with Crippen LogP contribution in [0.5, 0.6) is 0 Å². The van der Waals surface area contributed by atoms with Gasteiger partial charge in [0.15, 0.2) is 0 Å². The summed E-state index contributed by atoms with van der Waals surface area (Å²) >= 11 is 12.9. The minimum absolute atomic E-state index is 0.0407. The van der Waals surface area contributed by atoms with Gasteiger partial charge < -0.3 is 10.2 Å². The number of amides is 2. The van der Waals surface area contributed by atoms with E-state index in [0.717, 1.165) is 29.4 Å². The zero-order valence-corrected chi connectivity index (χ0v) is 26.3. The molecule has 7 nitrogen and oxygen atoms in total. The average Bonchev–Trinajstić information content (AvgIpc) is 2.89. The second-order valence-electron chi connectivity index (χ2n) is 11.0. The Labute approximate surface area is 259 Å². The molecule has 1 unspecified atom stereocenters. The summed E-state index contributed by atoms with van der Waals surface area (Å²) in [5.41, 5.74) is -1.12. The van der Waals surface area contributed by atoms with Crippen molar-refractivity contribution < 1.29 is 31.2 Å². The van der Waals surface area contributed by atoms with Gasteiger partial charge in [-0.05, 0) is 56.7 Å². The van der Waals surface area contributed by atoms with Crippen LogP contribution in [0.15, 0.2) is 72.8 Å². The first kappa shape index (κ1) is 34.2. The second-order valence-corrected chi connectivity index (χ2v) is 13.7. The second kappa shape index (κ2) is 13.6. The number of benzene rings is 3. The highest BCUT2D eigenvalue weighted by Crippen LogP contribution is 2.33. The van der Waals surface area contributed by atoms with Crippen molar-refractivity contribution in [1.82, 2.24) is 10.2 Å². The van der Waals surface area contributed by atoms with Crippen LogP contribution < -0.4 is 9.62 Å². The highest BCUT2D eigenvalue weighted by atomic mass is 35.5. The molecule has 3 aromatic rings. The third kappa shape index (κ3) is 9.61. The summed E-state index contributed by atoms with van der Waals surface area (Å²) in [6.45, 7) is 4.12. The molecule has 1 N–H and O–H groups in total. The van der Waals surface area contributed by atoms with Crippen LogP contribution in [-0.4, -0.2) is 49.5 Å². The molecule has 232 valence electrons. The van der Waals surface area contributed by atoms with Crippen LogP contribution >= 0.6 is 23.2 Å². The number of hydrogen-bond acceptors (Lipinski definition) is 4. The quantitative estimate of drug-likeness (QED) is 0.276. The predicted octanol–water partition coefficient (Wildman–Crippen LogP) is 6.33. The Hall–Kier alpha value is -3.28. The first-order chi connectivity index (χ1) is 19.9. The molecule has 3 aromatic carbocycles. The van der Waals surface area contributed by atoms with Crippen molar-refractivity contribution in [1.29, 1.82) is 0 Å². The molecule has 0 aliphatic heterocycles. The molecule has 43 heavy (non-hydrogen) atoms. The Morgan fingerprint density at radius 1 is 0.907 bits per heavy atom. The van der Waals surface area contributed by atoms with Gasteiger partial charge in [0.05, 0.1) is 17.5 Å². The van der Waals surface area contributed by atoms with Crippen molar-refractivity contribution in [2.75, 3.05) is 17.1 Å². The molecule has 0 saturated carbocycles. The Morgan fingerprint density at radius 2 is 1.49 bits per heavy atom. The van der Waals surface area contributed by atoms with Crippen LogP contribution in [0.4, 0.5) is 18.9 Å². The van der Waals surface area contributed by atoms with Gasteiger partial charge in [-0.3, -0.25) is 13.9 Å². The lowest BCUT2D eigenvalue weighted by atomic mass is 10.0. The number of rotatable bonds is 10. The number of carbonyl (C=O) groups is 2. The summed E-state index contributed by atoms with van der Waals surface area (Å²) < 4.78 is 66.7. The van der Waals surface area contributed by atoms with Crippen molar-refractivity contribution >= 4 is 50.7 Å². The van der Waals surface area contributed by atoms with Crippen LogP contribution in [0.1, 0.15) is 37.5 Å². The number of nitrogens with zero attached hydrogens (tertiary/aromatic N) is 2. The largest absolute Gasteiger partial charge is 0.416 e. The van der Waals surface area contributed by atoms with E-state index in [1.807, 2.05) is 0 Å². The van der Waals surface area contributed by atoms with E-state index < -0.39 is 51.7 Å². The van der Waals surface area contributed by atoms with Crippen LogP contribution in [0.2, 0.25) is 10.0 Å². The lowest BCUT2D eigenvalue weighted by Gasteiger charge is -2.35. The van der Waals surface area contributed by atoms with E-state index in [2.05, 4.69) is 5.32 Å². The Morgan fingerprint density at radius 3 is 2.02 bits per heavy atom. The monoisotopic (exact) mass is 657 g/mol. The molecule has 0 aliphatic carbocycles. The summed E-state index contributed by atoms with van der Waals surface area (Å²) in [7, 11) is -4.27. The molecule has 0 bridgehead atoms. The number of halogens is 5. The highest BCUT2D eigenvalue weighted by Gasteiger charge is 2.36. The number of anilines is 1. The van der Waals surface area contributed by atoms with E-state index in [-0.39, 0.29) is 28.7 Å². The van der Waals surface area contributed by atoms with E-state index >= 15 is 0 Å². The molecule has 2 amide bonds. The zero-order valence-electron chi connectivity index (χ0n) is 24.0. The van der Waals surface area contributed by atoms with E-state index in [1.54, 1.807) is 69.3 Å². The first-order valence-corrected chi connectivity index (χ1v) is 15.7. The van der Waals surface area contributed by atoms with Gasteiger partial charge in [0, 0.05) is 34.1 Å². The van der Waals surface area contributed by atoms with Gasteiger partial charge in [0.1, 0.15) is 12.6 Å². The summed E-state index contributed by atoms with van der Waals surface area (Å²) in [4.78, 5) is 29.0. The van der Waals surface area contributed by atoms with Gasteiger partial charge in [-0.2, -0.15) is 13.2 Å². The van der Waals surface area contributed by atoms with Gasteiger partial charge in [-0.1, -0.05) is 65.7 Å². The molecule has 0 fully saturated rings. The van der Waals surface area contributed by atoms with Gasteiger partial charge in [-0.15, -0.1) is 0 Å². The van der Waals surface area contributed by atoms with E-state index in [9.17, 15) is 31.2 Å². The Kier molecular flexibility index (Phi) is 10.8. The summed E-state index contributed by atoms with van der Waals surface area (Å²) in [6.07, 6.45) is -3.93. The number of hydrogen-bond donors (Lipinski definition) is 1. The Bertz CT molecular complexity index is 1540. The fourth-order valence-electron chi connectivity index (χ4n) is 4.31. The number of alkyl halides is 3. The van der Waals surface area contributed by atoms with Gasteiger partial charge in [0.25, 0.3) is 0 Å². The smallest absolute Gasteiger partial charge is 0.350 e. The maximum Gasteiger partial charge on any atom is 0.416 e. The average molecular weight is 659 g/mol. The van der Waals surface area contributed by atoms with E-state index in [0.29, 0.717) is 21.5 Å². The molecule has 0 radical (unpaired) electrons. The SMILES string of the molecule is CC(C)(C)NC(=O)C(Cc1ccccc1)N(Cc1c(Cl)cccc1Cl)C(=O)CN(c1cccc(C(F)(F)F)c1)S(C)(=O)=O. The predicted molar refractivity (Wildman–Crippen MR) is 162 cm³/mol. The minimum Gasteiger partial charge on any atom is -0.350 e. The van der Waals surface area contributed by atoms with Crippen molar-refractivity contribution in [2.24, 2.45) is 0 Å². The van der Waals surface area contributed by atoms with Crippen LogP contribution in [0.3, 0.4) is 0 Å². The maximum atomic E-state index is 14.1. The zero-order chi connectivity index (χ0) is 32.2. The summed E-state index contributed by atoms with van der Waals surface area (Å²) in [5, 5.41) is 3.29. The van der Waals surface area contributed by atoms with Crippen LogP contribution in [0.25, 0.3) is 0 Å². The van der Waals surface area contributed by atoms with Crippen molar-refractivity contribution in [2.45, 2.75) is 51.5 Å². The molecular weight excluding hydrogens is 626 g/mol. The summed E-state index contributed by atoms with van der Waals surface area (Å²) in [5.74, 6) is -1.39. The fraction of sp³-hybridized carbons (Fsp3) is 0.333. The van der Waals surface area contributed by atoms with Crippen LogP contribution in [-0.2, 0) is 38.8 Å². The van der Waals surface area contributed by atoms with Gasteiger partial charge in [-0.25, -0.2) is 8.42 Å². The number of carbonyl (C=O) groups excluding carboxylic acids is 2. The van der Waals surface area contributed by atoms with Gasteiger partial charge >= 0.3 is 6.18 Å². The number of sulfonamides is 1. The minimum atomic E-state index is -4.75. The van der Waals surface area contributed by atoms with Crippen molar-refractivity contribution in [3.05, 3.63) is 99.5 Å². The molecule has 1 atom stereocenters. The molecule has 0 spiro atoms. The van der Waals surface area contributed by atoms with Crippen LogP contribution in [0, 0.1) is 0 Å². The maximum absolute atomic E-state index is 14.1. The molecule has 0 aliphatic rings. The lowest BCUT2D eigenvalue weighted by Crippen LogP contribution is -2.56. The topological polar surface area (TPSA) is 86.8 Å². The number of nitrogens with one attached hydrogen (secondary N) is 1. The Balaban J connectivity index is 2.14. The van der Waals surface area contributed by atoms with E-state index in [4.69, 9.17) is 23.2 Å². The summed E-state index contributed by atoms with van der Waals surface area (Å²) in [6, 6.07) is 16.1. The normalized spacial score (nSPS) is 12.9. The standard InChI is InChI=1S/C30H32Cl2F3N3O4S/c1-29(2,3)36-28(40)26(16-20-10-6-5-7-11-20)37(18-23-24(31)14-9-15-25(23)32)27(39)19-38(43(4,41)42)22-13-8-12-21(17-22)30(33,34)35/h5-15,17,26H,16,18-19H2,1-4H3,(H,36,40). The third-order valence-corrected chi connectivity index (χ3v) is 8.15. The molecule has 0 heterocycles. The molecule has 13 heteroatoms. The highest BCUT2D eigenvalue weighted by molar-refractivity contribution is 7.92. The molecule has 0 saturated heterocycles. The van der Waals surface area contributed by atoms with Gasteiger partial charge in [0.2, 0.25) is 21.8 Å².